The first-order valence-electron chi connectivity index (χ1n) is 9.66. The maximum atomic E-state index is 10.3. The van der Waals surface area contributed by atoms with Crippen LogP contribution in [0.5, 0.6) is 0 Å². The molecule has 0 heterocycles. The third-order valence-corrected chi connectivity index (χ3v) is 3.65. The molecule has 0 aliphatic carbocycles. The molecular weight excluding hydrogens is 354 g/mol. The summed E-state index contributed by atoms with van der Waals surface area (Å²) in [4.78, 5) is 10.3. The quantitative estimate of drug-likeness (QED) is 0.200. The molecule has 0 atom stereocenters. The number of aliphatic hydroxyl groups is 1. The molecule has 0 aromatic carbocycles. The number of aliphatic carboxylic acids is 1. The summed E-state index contributed by atoms with van der Waals surface area (Å²) in [5.41, 5.74) is 0. The predicted molar refractivity (Wildman–Crippen MR) is 99.8 cm³/mol. The predicted octanol–water partition coefficient (Wildman–Crippen LogP) is 6.10. The van der Waals surface area contributed by atoms with Gasteiger partial charge in [0, 0.05) is 32.5 Å². The number of carboxylic acids is 1. The van der Waals surface area contributed by atoms with E-state index in [0.717, 1.165) is 12.8 Å². The normalized spacial score (nSPS) is 10.1. The van der Waals surface area contributed by atoms with Gasteiger partial charge >= 0.3 is 5.97 Å². The minimum absolute atomic E-state index is 0. The fourth-order valence-corrected chi connectivity index (χ4v) is 2.35. The van der Waals surface area contributed by atoms with Gasteiger partial charge in [0.2, 0.25) is 0 Å². The number of allylic oxidation sites excluding steroid dienone is 2. The second kappa shape index (κ2) is 27.6. The van der Waals surface area contributed by atoms with Crippen LogP contribution in [-0.4, -0.2) is 22.8 Å². The van der Waals surface area contributed by atoms with Crippen LogP contribution >= 0.6 is 0 Å². The summed E-state index contributed by atoms with van der Waals surface area (Å²) in [6, 6.07) is 0. The van der Waals surface area contributed by atoms with E-state index in [1.165, 1.54) is 70.6 Å². The van der Waals surface area contributed by atoms with E-state index in [1.807, 2.05) is 0 Å². The van der Waals surface area contributed by atoms with E-state index in [2.05, 4.69) is 19.1 Å². The topological polar surface area (TPSA) is 57.5 Å². The van der Waals surface area contributed by atoms with E-state index >= 15 is 0 Å². The van der Waals surface area contributed by atoms with Gasteiger partial charge in [-0.05, 0) is 39.0 Å². The summed E-state index contributed by atoms with van der Waals surface area (Å²) in [6.07, 6.45) is 21.2. The molecule has 0 radical (unpaired) electrons. The van der Waals surface area contributed by atoms with Gasteiger partial charge in [0.15, 0.2) is 0 Å². The van der Waals surface area contributed by atoms with Crippen molar-refractivity contribution in [1.82, 2.24) is 0 Å². The number of unbranched alkanes of at least 4 members (excludes halogenated alkanes) is 11. The molecule has 0 aromatic rings. The third-order valence-electron chi connectivity index (χ3n) is 3.65. The van der Waals surface area contributed by atoms with Crippen molar-refractivity contribution in [3.05, 3.63) is 12.2 Å². The second-order valence-corrected chi connectivity index (χ2v) is 6.04. The van der Waals surface area contributed by atoms with Crippen LogP contribution in [0.2, 0.25) is 0 Å². The van der Waals surface area contributed by atoms with Crippen molar-refractivity contribution < 1.29 is 34.5 Å². The molecule has 0 fully saturated rings. The molecule has 4 heteroatoms. The van der Waals surface area contributed by atoms with Crippen LogP contribution in [0.4, 0.5) is 0 Å². The van der Waals surface area contributed by atoms with Gasteiger partial charge in [-0.2, -0.15) is 0 Å². The Kier molecular flexibility index (Phi) is 32.9. The molecule has 2 N–H and O–H groups in total. The molecule has 0 aromatic heterocycles. The first-order chi connectivity index (χ1) is 11.2. The molecule has 0 saturated carbocycles. The van der Waals surface area contributed by atoms with Gasteiger partial charge in [0.05, 0.1) is 0 Å². The van der Waals surface area contributed by atoms with Crippen LogP contribution in [0.15, 0.2) is 12.2 Å². The van der Waals surface area contributed by atoms with Crippen LogP contribution in [0.1, 0.15) is 104 Å². The van der Waals surface area contributed by atoms with Crippen molar-refractivity contribution in [2.75, 3.05) is 6.61 Å². The van der Waals surface area contributed by atoms with E-state index in [0.29, 0.717) is 6.42 Å². The number of rotatable bonds is 15. The Morgan fingerprint density at radius 3 is 1.54 bits per heavy atom. The molecular formula is C20H40O3Zn. The SMILES string of the molecule is CCCCCCCC/C=C\CCCCCCCC(=O)O.CCO.[Zn]. The second-order valence-electron chi connectivity index (χ2n) is 6.04. The Morgan fingerprint density at radius 1 is 0.750 bits per heavy atom. The number of carboxylic acid groups (broad SMARTS) is 1. The van der Waals surface area contributed by atoms with Gasteiger partial charge in [0.25, 0.3) is 0 Å². The van der Waals surface area contributed by atoms with Crippen molar-refractivity contribution in [3.8, 4) is 0 Å². The van der Waals surface area contributed by atoms with Crippen LogP contribution in [0.3, 0.4) is 0 Å². The fourth-order valence-electron chi connectivity index (χ4n) is 2.35. The zero-order valence-corrected chi connectivity index (χ0v) is 19.2. The Labute approximate surface area is 163 Å². The number of hydrogen-bond acceptors (Lipinski definition) is 2. The Morgan fingerprint density at radius 2 is 1.12 bits per heavy atom. The van der Waals surface area contributed by atoms with E-state index in [4.69, 9.17) is 10.2 Å². The Bertz CT molecular complexity index is 255. The molecule has 0 unspecified atom stereocenters. The smallest absolute Gasteiger partial charge is 0.303 e. The van der Waals surface area contributed by atoms with Crippen LogP contribution < -0.4 is 0 Å². The molecule has 0 aliphatic rings. The van der Waals surface area contributed by atoms with Gasteiger partial charge < -0.3 is 10.2 Å². The number of carbonyl (C=O) groups is 1. The van der Waals surface area contributed by atoms with Crippen LogP contribution in [0.25, 0.3) is 0 Å². The van der Waals surface area contributed by atoms with E-state index < -0.39 is 5.97 Å². The van der Waals surface area contributed by atoms with Gasteiger partial charge in [-0.15, -0.1) is 0 Å². The number of aliphatic hydroxyl groups excluding tert-OH is 1. The summed E-state index contributed by atoms with van der Waals surface area (Å²) in [6.45, 7) is 4.19. The minimum Gasteiger partial charge on any atom is -0.481 e. The average Bonchev–Trinajstić information content (AvgIpc) is 2.51. The monoisotopic (exact) mass is 392 g/mol. The first-order valence-corrected chi connectivity index (χ1v) is 9.66. The van der Waals surface area contributed by atoms with Gasteiger partial charge in [-0.3, -0.25) is 4.79 Å². The van der Waals surface area contributed by atoms with Crippen molar-refractivity contribution >= 4 is 5.97 Å². The Hall–Kier alpha value is -0.207. The van der Waals surface area contributed by atoms with Crippen molar-refractivity contribution in [2.45, 2.75) is 104 Å². The average molecular weight is 394 g/mol. The standard InChI is InChI=1S/C18H34O2.C2H6O.Zn/c1-2-3-4-5-6-7-8-9-10-11-12-13-14-15-16-17-18(19)20;1-2-3;/h9-10H,2-8,11-17H2,1H3,(H,19,20);3H,2H2,1H3;/b10-9-;;. The van der Waals surface area contributed by atoms with Gasteiger partial charge in [-0.25, -0.2) is 0 Å². The third kappa shape index (κ3) is 33.4. The molecule has 140 valence electrons. The summed E-state index contributed by atoms with van der Waals surface area (Å²) in [7, 11) is 0. The van der Waals surface area contributed by atoms with Gasteiger partial charge in [-0.1, -0.05) is 70.4 Å². The van der Waals surface area contributed by atoms with E-state index in [1.54, 1.807) is 6.92 Å². The van der Waals surface area contributed by atoms with E-state index in [-0.39, 0.29) is 26.1 Å². The molecule has 0 aliphatic heterocycles. The van der Waals surface area contributed by atoms with Crippen molar-refractivity contribution in [2.24, 2.45) is 0 Å². The van der Waals surface area contributed by atoms with Crippen molar-refractivity contribution in [3.63, 3.8) is 0 Å². The van der Waals surface area contributed by atoms with Crippen LogP contribution in [-0.2, 0) is 24.3 Å². The molecule has 3 nitrogen and oxygen atoms in total. The largest absolute Gasteiger partial charge is 0.481 e. The first kappa shape index (κ1) is 28.6. The molecule has 0 amide bonds. The van der Waals surface area contributed by atoms with E-state index in [9.17, 15) is 4.79 Å². The molecule has 0 rings (SSSR count). The maximum Gasteiger partial charge on any atom is 0.303 e. The summed E-state index contributed by atoms with van der Waals surface area (Å²) in [5, 5.41) is 16.1. The molecule has 24 heavy (non-hydrogen) atoms. The number of hydrogen-bond donors (Lipinski definition) is 2. The summed E-state index contributed by atoms with van der Waals surface area (Å²) < 4.78 is 0. The molecule has 0 saturated heterocycles. The van der Waals surface area contributed by atoms with Crippen LogP contribution in [0, 0.1) is 0 Å². The van der Waals surface area contributed by atoms with Gasteiger partial charge in [0.1, 0.15) is 0 Å². The fraction of sp³-hybridized carbons (Fsp3) is 0.850. The molecule has 0 bridgehead atoms. The zero-order valence-electron chi connectivity index (χ0n) is 16.3. The zero-order chi connectivity index (χ0) is 17.6. The van der Waals surface area contributed by atoms with Crippen molar-refractivity contribution in [1.29, 1.82) is 0 Å². The summed E-state index contributed by atoms with van der Waals surface area (Å²) in [5.74, 6) is -0.664. The maximum absolute atomic E-state index is 10.3. The summed E-state index contributed by atoms with van der Waals surface area (Å²) >= 11 is 0. The minimum atomic E-state index is -0.664. The molecule has 0 spiro atoms. The Balaban J connectivity index is -0.00000102.